The zero-order valence-corrected chi connectivity index (χ0v) is 11.4. The Morgan fingerprint density at radius 1 is 1.06 bits per heavy atom. The molecule has 0 aromatic rings. The Morgan fingerprint density at radius 3 is 2.31 bits per heavy atom. The van der Waals surface area contributed by atoms with Crippen molar-refractivity contribution >= 4 is 17.3 Å². The quantitative estimate of drug-likeness (QED) is 0.479. The van der Waals surface area contributed by atoms with E-state index in [0.717, 1.165) is 11.7 Å². The van der Waals surface area contributed by atoms with Crippen LogP contribution in [0, 0.1) is 0 Å². The Hall–Kier alpha value is -0.310. The van der Waals surface area contributed by atoms with Crippen LogP contribution in [0.1, 0.15) is 64.7 Å². The van der Waals surface area contributed by atoms with Gasteiger partial charge in [0.05, 0.1) is 0 Å². The van der Waals surface area contributed by atoms with Crippen LogP contribution in [0.2, 0.25) is 0 Å². The third-order valence-corrected chi connectivity index (χ3v) is 3.24. The van der Waals surface area contributed by atoms with E-state index >= 15 is 0 Å². The Bertz CT molecular complexity index is 190. The first-order valence-corrected chi connectivity index (χ1v) is 7.28. The molecule has 2 nitrogen and oxygen atoms in total. The van der Waals surface area contributed by atoms with Gasteiger partial charge in [-0.05, 0) is 31.5 Å². The fourth-order valence-corrected chi connectivity index (χ4v) is 2.02. The summed E-state index contributed by atoms with van der Waals surface area (Å²) in [5.41, 5.74) is 0. The summed E-state index contributed by atoms with van der Waals surface area (Å²) in [6.45, 7) is 3.30. The second kappa shape index (κ2) is 8.80. The molecule has 0 heterocycles. The number of rotatable bonds is 9. The molecule has 1 fully saturated rings. The van der Waals surface area contributed by atoms with Gasteiger partial charge >= 0.3 is 0 Å². The molecule has 16 heavy (non-hydrogen) atoms. The molecule has 1 rings (SSSR count). The van der Waals surface area contributed by atoms with Crippen molar-refractivity contribution in [2.45, 2.75) is 70.8 Å². The standard InChI is InChI=1S/C13H26N2S/c1-2-3-4-5-6-7-8-11-14-13(16)15-12-9-10-12/h12H,2-11H2,1H3,(H2,14,15,16). The predicted octanol–water partition coefficient (Wildman–Crippen LogP) is 3.36. The molecular weight excluding hydrogens is 216 g/mol. The second-order valence-electron chi connectivity index (χ2n) is 4.80. The third kappa shape index (κ3) is 7.91. The van der Waals surface area contributed by atoms with E-state index in [2.05, 4.69) is 17.6 Å². The van der Waals surface area contributed by atoms with Crippen molar-refractivity contribution < 1.29 is 0 Å². The minimum absolute atomic E-state index is 0.675. The maximum atomic E-state index is 5.18. The van der Waals surface area contributed by atoms with Gasteiger partial charge in [0, 0.05) is 12.6 Å². The smallest absolute Gasteiger partial charge is 0.166 e. The van der Waals surface area contributed by atoms with E-state index in [1.165, 1.54) is 57.8 Å². The molecule has 1 aliphatic rings. The minimum Gasteiger partial charge on any atom is -0.363 e. The maximum Gasteiger partial charge on any atom is 0.166 e. The zero-order chi connectivity index (χ0) is 11.6. The van der Waals surface area contributed by atoms with Gasteiger partial charge in [-0.25, -0.2) is 0 Å². The zero-order valence-electron chi connectivity index (χ0n) is 10.6. The van der Waals surface area contributed by atoms with Crippen LogP contribution in [0.5, 0.6) is 0 Å². The molecule has 3 heteroatoms. The number of hydrogen-bond donors (Lipinski definition) is 2. The van der Waals surface area contributed by atoms with Gasteiger partial charge in [-0.2, -0.15) is 0 Å². The summed E-state index contributed by atoms with van der Waals surface area (Å²) in [7, 11) is 0. The van der Waals surface area contributed by atoms with Crippen LogP contribution < -0.4 is 10.6 Å². The molecule has 0 saturated heterocycles. The van der Waals surface area contributed by atoms with Gasteiger partial charge in [0.25, 0.3) is 0 Å². The van der Waals surface area contributed by atoms with Crippen molar-refractivity contribution in [3.05, 3.63) is 0 Å². The Morgan fingerprint density at radius 2 is 1.69 bits per heavy atom. The highest BCUT2D eigenvalue weighted by Gasteiger charge is 2.21. The first-order valence-electron chi connectivity index (χ1n) is 6.87. The van der Waals surface area contributed by atoms with Crippen LogP contribution in [0.3, 0.4) is 0 Å². The molecule has 1 saturated carbocycles. The van der Waals surface area contributed by atoms with Crippen molar-refractivity contribution in [3.8, 4) is 0 Å². The molecule has 0 aliphatic heterocycles. The minimum atomic E-state index is 0.675. The van der Waals surface area contributed by atoms with Gasteiger partial charge in [0.2, 0.25) is 0 Å². The summed E-state index contributed by atoms with van der Waals surface area (Å²) in [6, 6.07) is 0.675. The molecule has 94 valence electrons. The summed E-state index contributed by atoms with van der Waals surface area (Å²) >= 11 is 5.18. The van der Waals surface area contributed by atoms with E-state index in [-0.39, 0.29) is 0 Å². The van der Waals surface area contributed by atoms with E-state index in [4.69, 9.17) is 12.2 Å². The Kier molecular flexibility index (Phi) is 7.56. The Labute approximate surface area is 106 Å². The number of nitrogens with one attached hydrogen (secondary N) is 2. The van der Waals surface area contributed by atoms with E-state index in [1.807, 2.05) is 0 Å². The van der Waals surface area contributed by atoms with E-state index < -0.39 is 0 Å². The predicted molar refractivity (Wildman–Crippen MR) is 74.8 cm³/mol. The summed E-state index contributed by atoms with van der Waals surface area (Å²) in [4.78, 5) is 0. The van der Waals surface area contributed by atoms with Gasteiger partial charge in [-0.3, -0.25) is 0 Å². The van der Waals surface area contributed by atoms with Gasteiger partial charge in [0.15, 0.2) is 5.11 Å². The van der Waals surface area contributed by atoms with Crippen molar-refractivity contribution in [1.29, 1.82) is 0 Å². The fraction of sp³-hybridized carbons (Fsp3) is 0.923. The monoisotopic (exact) mass is 242 g/mol. The largest absolute Gasteiger partial charge is 0.363 e. The highest BCUT2D eigenvalue weighted by Crippen LogP contribution is 2.18. The summed E-state index contributed by atoms with van der Waals surface area (Å²) in [5, 5.41) is 7.42. The highest BCUT2D eigenvalue weighted by atomic mass is 32.1. The van der Waals surface area contributed by atoms with Gasteiger partial charge in [-0.1, -0.05) is 45.4 Å². The summed E-state index contributed by atoms with van der Waals surface area (Å²) < 4.78 is 0. The lowest BCUT2D eigenvalue weighted by molar-refractivity contribution is 0.584. The van der Waals surface area contributed by atoms with Crippen LogP contribution in [0.15, 0.2) is 0 Å². The topological polar surface area (TPSA) is 24.1 Å². The fourth-order valence-electron chi connectivity index (χ4n) is 1.75. The van der Waals surface area contributed by atoms with Crippen molar-refractivity contribution in [3.63, 3.8) is 0 Å². The third-order valence-electron chi connectivity index (χ3n) is 2.98. The van der Waals surface area contributed by atoms with Crippen LogP contribution in [-0.4, -0.2) is 17.7 Å². The first kappa shape index (κ1) is 13.8. The number of thiocarbonyl (C=S) groups is 1. The lowest BCUT2D eigenvalue weighted by Crippen LogP contribution is -2.36. The van der Waals surface area contributed by atoms with Crippen molar-refractivity contribution in [1.82, 2.24) is 10.6 Å². The normalized spacial score (nSPS) is 14.8. The lowest BCUT2D eigenvalue weighted by Gasteiger charge is -2.09. The van der Waals surface area contributed by atoms with E-state index in [9.17, 15) is 0 Å². The van der Waals surface area contributed by atoms with Crippen molar-refractivity contribution in [2.75, 3.05) is 6.54 Å². The molecule has 1 aliphatic carbocycles. The molecule has 0 aromatic carbocycles. The lowest BCUT2D eigenvalue weighted by atomic mass is 10.1. The molecule has 0 spiro atoms. The highest BCUT2D eigenvalue weighted by molar-refractivity contribution is 7.80. The summed E-state index contributed by atoms with van der Waals surface area (Å²) in [5.74, 6) is 0. The van der Waals surface area contributed by atoms with Crippen LogP contribution in [0.4, 0.5) is 0 Å². The molecule has 0 amide bonds. The molecule has 0 unspecified atom stereocenters. The van der Waals surface area contributed by atoms with Gasteiger partial charge in [-0.15, -0.1) is 0 Å². The molecule has 0 radical (unpaired) electrons. The summed E-state index contributed by atoms with van der Waals surface area (Å²) in [6.07, 6.45) is 12.1. The van der Waals surface area contributed by atoms with Crippen LogP contribution >= 0.6 is 12.2 Å². The average Bonchev–Trinajstić information content (AvgIpc) is 3.06. The maximum absolute atomic E-state index is 5.18. The molecule has 0 aromatic heterocycles. The molecular formula is C13H26N2S. The van der Waals surface area contributed by atoms with Crippen LogP contribution in [0.25, 0.3) is 0 Å². The molecule has 0 bridgehead atoms. The number of unbranched alkanes of at least 4 members (excludes halogenated alkanes) is 6. The SMILES string of the molecule is CCCCCCCCCNC(=S)NC1CC1. The number of hydrogen-bond acceptors (Lipinski definition) is 1. The van der Waals surface area contributed by atoms with Crippen molar-refractivity contribution in [2.24, 2.45) is 0 Å². The average molecular weight is 242 g/mol. The van der Waals surface area contributed by atoms with Gasteiger partial charge < -0.3 is 10.6 Å². The Balaban J connectivity index is 1.75. The molecule has 2 N–H and O–H groups in total. The van der Waals surface area contributed by atoms with E-state index in [0.29, 0.717) is 6.04 Å². The van der Waals surface area contributed by atoms with Crippen LogP contribution in [-0.2, 0) is 0 Å². The van der Waals surface area contributed by atoms with E-state index in [1.54, 1.807) is 0 Å². The second-order valence-corrected chi connectivity index (χ2v) is 5.20. The van der Waals surface area contributed by atoms with Gasteiger partial charge in [0.1, 0.15) is 0 Å². The first-order chi connectivity index (χ1) is 7.83. The molecule has 0 atom stereocenters.